The Hall–Kier alpha value is -4.90. The third kappa shape index (κ3) is 10.8. The van der Waals surface area contributed by atoms with Crippen molar-refractivity contribution in [3.63, 3.8) is 0 Å². The van der Waals surface area contributed by atoms with E-state index < -0.39 is 124 Å². The first kappa shape index (κ1) is 50.1. The Balaban J connectivity index is 1.43. The van der Waals surface area contributed by atoms with E-state index in [9.17, 15) is 65.8 Å². The largest absolute Gasteiger partial charge is 0.502 e. The van der Waals surface area contributed by atoms with Gasteiger partial charge in [-0.1, -0.05) is 0 Å². The summed E-state index contributed by atoms with van der Waals surface area (Å²) in [5.74, 6) is -5.47. The summed E-state index contributed by atoms with van der Waals surface area (Å²) in [5, 5.41) is 116. The molecule has 24 nitrogen and oxygen atoms in total. The number of hydrogen-bond donors (Lipinski definition) is 11. The molecule has 0 radical (unpaired) electrons. The zero-order valence-electron chi connectivity index (χ0n) is 34.7. The van der Waals surface area contributed by atoms with E-state index in [0.717, 1.165) is 12.2 Å². The maximum Gasteiger partial charge on any atom is 0.331 e. The fourth-order valence-electron chi connectivity index (χ4n) is 6.95. The Labute approximate surface area is 364 Å². The number of phenols is 2. The van der Waals surface area contributed by atoms with Crippen molar-refractivity contribution in [2.45, 2.75) is 85.5 Å². The van der Waals surface area contributed by atoms with E-state index >= 15 is 0 Å². The smallest absolute Gasteiger partial charge is 0.331 e. The highest BCUT2D eigenvalue weighted by Gasteiger charge is 2.61. The number of aliphatic hydroxyl groups is 9. The van der Waals surface area contributed by atoms with Gasteiger partial charge < -0.3 is 108 Å². The number of methoxy groups -OCH3 is 4. The van der Waals surface area contributed by atoms with Crippen LogP contribution in [0.15, 0.2) is 36.4 Å². The third-order valence-corrected chi connectivity index (χ3v) is 10.4. The van der Waals surface area contributed by atoms with Crippen molar-refractivity contribution < 1.29 is 118 Å². The Morgan fingerprint density at radius 1 is 0.625 bits per heavy atom. The van der Waals surface area contributed by atoms with Gasteiger partial charge in [-0.15, -0.1) is 0 Å². The summed E-state index contributed by atoms with van der Waals surface area (Å²) in [6, 6.07) is 5.47. The number of rotatable bonds is 18. The summed E-state index contributed by atoms with van der Waals surface area (Å²) < 4.78 is 60.0. The fraction of sp³-hybridized carbons (Fsp3) is 0.550. The number of hydrogen-bond acceptors (Lipinski definition) is 24. The molecule has 3 fully saturated rings. The third-order valence-electron chi connectivity index (χ3n) is 10.4. The van der Waals surface area contributed by atoms with Gasteiger partial charge in [0.15, 0.2) is 41.7 Å². The predicted octanol–water partition coefficient (Wildman–Crippen LogP) is -3.60. The lowest BCUT2D eigenvalue weighted by Crippen LogP contribution is -2.66. The van der Waals surface area contributed by atoms with Gasteiger partial charge in [0.25, 0.3) is 0 Å². The Morgan fingerprint density at radius 3 is 1.59 bits per heavy atom. The van der Waals surface area contributed by atoms with Gasteiger partial charge in [-0.25, -0.2) is 9.59 Å². The van der Waals surface area contributed by atoms with E-state index in [1.165, 1.54) is 64.9 Å². The van der Waals surface area contributed by atoms with Crippen LogP contribution in [0.4, 0.5) is 0 Å². The second kappa shape index (κ2) is 21.9. The van der Waals surface area contributed by atoms with Gasteiger partial charge in [0.05, 0.1) is 41.7 Å². The summed E-state index contributed by atoms with van der Waals surface area (Å²) in [5.41, 5.74) is 0.597. The van der Waals surface area contributed by atoms with Gasteiger partial charge in [-0.2, -0.15) is 0 Å². The Kier molecular flexibility index (Phi) is 17.1. The molecule has 3 saturated heterocycles. The van der Waals surface area contributed by atoms with Crippen molar-refractivity contribution in [1.29, 1.82) is 0 Å². The molecule has 0 unspecified atom stereocenters. The minimum atomic E-state index is -2.69. The van der Waals surface area contributed by atoms with E-state index in [4.69, 9.17) is 52.1 Å². The lowest BCUT2D eigenvalue weighted by atomic mass is 9.97. The molecule has 2 aromatic carbocycles. The molecule has 11 N–H and O–H groups in total. The summed E-state index contributed by atoms with van der Waals surface area (Å²) in [6.07, 6.45) is -20.7. The van der Waals surface area contributed by atoms with Crippen LogP contribution in [0.5, 0.6) is 34.5 Å². The van der Waals surface area contributed by atoms with Crippen LogP contribution in [-0.4, -0.2) is 208 Å². The monoisotopic (exact) mass is 916 g/mol. The predicted molar refractivity (Wildman–Crippen MR) is 210 cm³/mol. The second-order valence-corrected chi connectivity index (χ2v) is 14.4. The highest BCUT2D eigenvalue weighted by Crippen LogP contribution is 2.41. The van der Waals surface area contributed by atoms with Gasteiger partial charge in [-0.3, -0.25) is 0 Å². The molecule has 0 spiro atoms. The lowest BCUT2D eigenvalue weighted by molar-refractivity contribution is -0.408. The average Bonchev–Trinajstić information content (AvgIpc) is 3.56. The molecule has 14 atom stereocenters. The number of benzene rings is 2. The molecule has 3 heterocycles. The van der Waals surface area contributed by atoms with E-state index in [0.29, 0.717) is 5.56 Å². The highest BCUT2D eigenvalue weighted by molar-refractivity contribution is 5.88. The summed E-state index contributed by atoms with van der Waals surface area (Å²) in [7, 11) is 5.16. The lowest BCUT2D eigenvalue weighted by Gasteiger charge is -2.47. The maximum absolute atomic E-state index is 13.3. The molecule has 3 aliphatic heterocycles. The van der Waals surface area contributed by atoms with Crippen LogP contribution < -0.4 is 18.9 Å². The number of esters is 2. The van der Waals surface area contributed by atoms with E-state index in [-0.39, 0.29) is 40.1 Å². The first-order chi connectivity index (χ1) is 30.5. The van der Waals surface area contributed by atoms with E-state index in [1.54, 1.807) is 0 Å². The molecule has 0 aromatic heterocycles. The number of aliphatic hydroxyl groups excluding tert-OH is 9. The molecule has 0 bridgehead atoms. The van der Waals surface area contributed by atoms with Gasteiger partial charge in [-0.05, 0) is 47.5 Å². The van der Waals surface area contributed by atoms with Crippen LogP contribution in [0.1, 0.15) is 11.1 Å². The molecule has 0 amide bonds. The number of carbonyl (C=O) groups is 2. The number of aromatic hydroxyl groups is 2. The molecular formula is C40H52O24. The molecule has 24 heteroatoms. The minimum Gasteiger partial charge on any atom is -0.502 e. The molecule has 0 saturated carbocycles. The van der Waals surface area contributed by atoms with Gasteiger partial charge in [0.2, 0.25) is 17.3 Å². The Morgan fingerprint density at radius 2 is 1.11 bits per heavy atom. The quantitative estimate of drug-likeness (QED) is 0.0508. The summed E-state index contributed by atoms with van der Waals surface area (Å²) in [6.45, 7) is -3.92. The molecule has 2 aromatic rings. The second-order valence-electron chi connectivity index (χ2n) is 14.4. The zero-order valence-corrected chi connectivity index (χ0v) is 34.7. The van der Waals surface area contributed by atoms with Crippen molar-refractivity contribution in [3.8, 4) is 34.5 Å². The van der Waals surface area contributed by atoms with Crippen molar-refractivity contribution in [2.24, 2.45) is 0 Å². The molecule has 356 valence electrons. The van der Waals surface area contributed by atoms with Crippen LogP contribution in [-0.2, 0) is 42.7 Å². The highest BCUT2D eigenvalue weighted by atomic mass is 16.8. The van der Waals surface area contributed by atoms with Crippen LogP contribution in [0, 0.1) is 0 Å². The maximum atomic E-state index is 13.3. The van der Waals surface area contributed by atoms with E-state index in [2.05, 4.69) is 0 Å². The molecule has 0 aliphatic carbocycles. The fourth-order valence-corrected chi connectivity index (χ4v) is 6.95. The Bertz CT molecular complexity index is 1910. The molecule has 5 rings (SSSR count). The first-order valence-electron chi connectivity index (χ1n) is 19.4. The number of ether oxygens (including phenoxy) is 11. The zero-order chi connectivity index (χ0) is 47.0. The molecule has 3 aliphatic rings. The topological polar surface area (TPSA) is 358 Å². The van der Waals surface area contributed by atoms with Crippen molar-refractivity contribution >= 4 is 24.1 Å². The molecular weight excluding hydrogens is 864 g/mol. The number of phenolic OH excluding ortho intramolecular Hbond substituents is 2. The molecule has 64 heavy (non-hydrogen) atoms. The van der Waals surface area contributed by atoms with Gasteiger partial charge in [0.1, 0.15) is 74.3 Å². The van der Waals surface area contributed by atoms with Crippen LogP contribution in [0.3, 0.4) is 0 Å². The van der Waals surface area contributed by atoms with Gasteiger partial charge >= 0.3 is 11.9 Å². The van der Waals surface area contributed by atoms with Crippen LogP contribution in [0.25, 0.3) is 12.2 Å². The number of carbonyl (C=O) groups excluding carboxylic acids is 2. The van der Waals surface area contributed by atoms with Gasteiger partial charge in [0, 0.05) is 12.2 Å². The summed E-state index contributed by atoms with van der Waals surface area (Å²) >= 11 is 0. The van der Waals surface area contributed by atoms with Crippen molar-refractivity contribution in [1.82, 2.24) is 0 Å². The standard InChI is InChI=1S/C40H52O24/c1-54-19-9-17(10-20(55-2)28(19)46)5-7-26(44)58-15-25-31(49)34(52)36(62-38-35(53)33(51)30(48)23(13-41)59-38)39(60-25)64-40(16-43)37(32(50)24(14-42)63-40)61-27(45)8-6-18-11-21(56-3)29(47)22(12-18)57-4/h5-12,23-25,30-39,41-43,46-53H,13-16H2,1-4H3/b7-5+,8-6-/t23-,24-,25-,30-,31-,32-,33+,34+,35-,36-,37+,38+,39-,40+/m1/s1. The van der Waals surface area contributed by atoms with Crippen LogP contribution >= 0.6 is 0 Å². The summed E-state index contributed by atoms with van der Waals surface area (Å²) in [4.78, 5) is 26.1. The normalized spacial score (nSPS) is 33.0. The van der Waals surface area contributed by atoms with Crippen LogP contribution in [0.2, 0.25) is 0 Å². The average molecular weight is 917 g/mol. The SMILES string of the molecule is COc1cc(/C=C\C(=O)O[C@H]2[C@H](O)[C@@H](CO)O[C@@]2(CO)O[C@H]2O[C@H](COC(=O)/C=C/c3cc(OC)c(O)c(OC)c3)[C@@H](O)[C@H](O)[C@H]2O[C@@H]2O[C@H](CO)[C@@H](O)[C@H](O)[C@H]2O)cc(OC)c1O. The van der Waals surface area contributed by atoms with Crippen molar-refractivity contribution in [2.75, 3.05) is 54.9 Å². The minimum absolute atomic E-state index is 0.00792. The van der Waals surface area contributed by atoms with Crippen molar-refractivity contribution in [3.05, 3.63) is 47.5 Å². The first-order valence-corrected chi connectivity index (χ1v) is 19.4. The van der Waals surface area contributed by atoms with E-state index in [1.807, 2.05) is 0 Å².